The van der Waals surface area contributed by atoms with Crippen molar-refractivity contribution in [2.75, 3.05) is 31.1 Å². The van der Waals surface area contributed by atoms with E-state index < -0.39 is 0 Å². The number of aromatic nitrogens is 3. The molecule has 0 radical (unpaired) electrons. The molecule has 1 atom stereocenters. The Morgan fingerprint density at radius 3 is 3.11 bits per heavy atom. The first kappa shape index (κ1) is 12.6. The lowest BCUT2D eigenvalue weighted by Crippen LogP contribution is -2.29. The maximum Gasteiger partial charge on any atom is 0.180 e. The van der Waals surface area contributed by atoms with E-state index in [4.69, 9.17) is 10.6 Å². The molecule has 0 saturated carbocycles. The predicted octanol–water partition coefficient (Wildman–Crippen LogP) is -0.566. The van der Waals surface area contributed by atoms with Gasteiger partial charge in [0.25, 0.3) is 0 Å². The average molecular weight is 252 g/mol. The first-order valence-corrected chi connectivity index (χ1v) is 5.45. The summed E-state index contributed by atoms with van der Waals surface area (Å²) < 4.78 is 6.78. The van der Waals surface area contributed by atoms with Gasteiger partial charge >= 0.3 is 0 Å². The van der Waals surface area contributed by atoms with E-state index in [1.54, 1.807) is 30.1 Å². The van der Waals surface area contributed by atoms with Crippen LogP contribution < -0.4 is 16.6 Å². The molecule has 2 aromatic rings. The minimum absolute atomic E-state index is 0.0668. The molecule has 2 heterocycles. The van der Waals surface area contributed by atoms with Crippen LogP contribution in [-0.4, -0.2) is 45.8 Å². The van der Waals surface area contributed by atoms with Gasteiger partial charge in [-0.2, -0.15) is 0 Å². The fourth-order valence-electron chi connectivity index (χ4n) is 1.63. The fraction of sp³-hybridized carbons (Fsp3) is 0.400. The molecule has 0 aliphatic heterocycles. The van der Waals surface area contributed by atoms with E-state index in [0.29, 0.717) is 23.9 Å². The largest absolute Gasteiger partial charge is 0.394 e. The summed E-state index contributed by atoms with van der Waals surface area (Å²) in [5.74, 6) is 6.38. The topological polar surface area (TPSA) is 110 Å². The number of aliphatic hydroxyl groups excluding tert-OH is 1. The number of hydrogen-bond acceptors (Lipinski definition) is 7. The minimum Gasteiger partial charge on any atom is -0.394 e. The second-order valence-corrected chi connectivity index (χ2v) is 3.76. The smallest absolute Gasteiger partial charge is 0.180 e. The van der Waals surface area contributed by atoms with Gasteiger partial charge in [0, 0.05) is 19.5 Å². The van der Waals surface area contributed by atoms with Crippen molar-refractivity contribution in [1.82, 2.24) is 14.4 Å². The van der Waals surface area contributed by atoms with E-state index in [1.807, 2.05) is 0 Å². The molecule has 0 aliphatic carbocycles. The Labute approximate surface area is 104 Å². The molecule has 0 saturated heterocycles. The van der Waals surface area contributed by atoms with Crippen LogP contribution >= 0.6 is 0 Å². The number of nitrogens with two attached hydrogens (primary N) is 1. The SMILES string of the molecule is COCC(CO)Nc1nc(NN)cn2ccnc12. The van der Waals surface area contributed by atoms with Crippen LogP contribution in [-0.2, 0) is 4.74 Å². The molecule has 0 spiro atoms. The number of hydrazine groups is 1. The van der Waals surface area contributed by atoms with E-state index in [2.05, 4.69) is 20.7 Å². The normalized spacial score (nSPS) is 12.6. The zero-order valence-electron chi connectivity index (χ0n) is 10.00. The van der Waals surface area contributed by atoms with Gasteiger partial charge in [-0.25, -0.2) is 15.8 Å². The number of imidazole rings is 1. The van der Waals surface area contributed by atoms with Crippen molar-refractivity contribution in [3.8, 4) is 0 Å². The van der Waals surface area contributed by atoms with Gasteiger partial charge in [-0.3, -0.25) is 0 Å². The lowest BCUT2D eigenvalue weighted by Gasteiger charge is -2.16. The van der Waals surface area contributed by atoms with Crippen LogP contribution in [0.4, 0.5) is 11.6 Å². The average Bonchev–Trinajstić information content (AvgIpc) is 2.86. The number of aliphatic hydroxyl groups is 1. The molecule has 8 nitrogen and oxygen atoms in total. The summed E-state index contributed by atoms with van der Waals surface area (Å²) >= 11 is 0. The van der Waals surface area contributed by atoms with E-state index in [9.17, 15) is 5.11 Å². The van der Waals surface area contributed by atoms with Gasteiger partial charge in [-0.15, -0.1) is 0 Å². The standard InChI is InChI=1S/C10H16N6O2/c1-18-6-7(5-17)13-9-10-12-2-3-16(10)4-8(14-9)15-11/h2-4,7,15,17H,5-6,11H2,1H3,(H,13,14). The van der Waals surface area contributed by atoms with Crippen molar-refractivity contribution in [2.24, 2.45) is 5.84 Å². The molecular weight excluding hydrogens is 236 g/mol. The summed E-state index contributed by atoms with van der Waals surface area (Å²) in [6.45, 7) is 0.300. The van der Waals surface area contributed by atoms with Crippen LogP contribution in [0.1, 0.15) is 0 Å². The van der Waals surface area contributed by atoms with Crippen molar-refractivity contribution >= 4 is 17.3 Å². The third-order valence-electron chi connectivity index (χ3n) is 2.45. The minimum atomic E-state index is -0.254. The number of ether oxygens (including phenoxy) is 1. The highest BCUT2D eigenvalue weighted by atomic mass is 16.5. The maximum absolute atomic E-state index is 9.23. The highest BCUT2D eigenvalue weighted by Gasteiger charge is 2.12. The lowest BCUT2D eigenvalue weighted by molar-refractivity contribution is 0.153. The summed E-state index contributed by atoms with van der Waals surface area (Å²) in [6, 6.07) is -0.254. The molecule has 18 heavy (non-hydrogen) atoms. The summed E-state index contributed by atoms with van der Waals surface area (Å²) in [4.78, 5) is 8.45. The first-order chi connectivity index (χ1) is 8.78. The Morgan fingerprint density at radius 1 is 1.61 bits per heavy atom. The van der Waals surface area contributed by atoms with E-state index in [1.165, 1.54) is 0 Å². The Morgan fingerprint density at radius 2 is 2.44 bits per heavy atom. The third-order valence-corrected chi connectivity index (χ3v) is 2.45. The van der Waals surface area contributed by atoms with Gasteiger partial charge in [0.1, 0.15) is 0 Å². The van der Waals surface area contributed by atoms with Crippen LogP contribution in [0.2, 0.25) is 0 Å². The van der Waals surface area contributed by atoms with Gasteiger partial charge in [-0.05, 0) is 0 Å². The van der Waals surface area contributed by atoms with Crippen molar-refractivity contribution < 1.29 is 9.84 Å². The van der Waals surface area contributed by atoms with E-state index in [0.717, 1.165) is 0 Å². The Kier molecular flexibility index (Phi) is 3.92. The molecule has 0 amide bonds. The number of nitrogen functional groups attached to an aromatic ring is 1. The highest BCUT2D eigenvalue weighted by Crippen LogP contribution is 2.16. The molecule has 2 rings (SSSR count). The summed E-state index contributed by atoms with van der Waals surface area (Å²) in [7, 11) is 1.57. The molecule has 0 fully saturated rings. The highest BCUT2D eigenvalue weighted by molar-refractivity contribution is 5.65. The molecule has 0 bridgehead atoms. The molecule has 2 aromatic heterocycles. The zero-order chi connectivity index (χ0) is 13.0. The van der Waals surface area contributed by atoms with Crippen LogP contribution in [0.5, 0.6) is 0 Å². The van der Waals surface area contributed by atoms with Crippen molar-refractivity contribution in [3.05, 3.63) is 18.6 Å². The van der Waals surface area contributed by atoms with E-state index >= 15 is 0 Å². The monoisotopic (exact) mass is 252 g/mol. The second kappa shape index (κ2) is 5.63. The number of hydrogen-bond donors (Lipinski definition) is 4. The van der Waals surface area contributed by atoms with E-state index in [-0.39, 0.29) is 12.6 Å². The second-order valence-electron chi connectivity index (χ2n) is 3.76. The Hall–Kier alpha value is -1.90. The van der Waals surface area contributed by atoms with Crippen LogP contribution in [0.15, 0.2) is 18.6 Å². The molecule has 5 N–H and O–H groups in total. The number of nitrogens with zero attached hydrogens (tertiary/aromatic N) is 3. The first-order valence-electron chi connectivity index (χ1n) is 5.45. The number of fused-ring (bicyclic) bond motifs is 1. The number of nitrogens with one attached hydrogen (secondary N) is 2. The van der Waals surface area contributed by atoms with Crippen molar-refractivity contribution in [2.45, 2.75) is 6.04 Å². The summed E-state index contributed by atoms with van der Waals surface area (Å²) in [6.07, 6.45) is 5.16. The van der Waals surface area contributed by atoms with Gasteiger partial charge in [-0.1, -0.05) is 0 Å². The molecule has 98 valence electrons. The molecule has 0 aromatic carbocycles. The molecule has 0 aliphatic rings. The summed E-state index contributed by atoms with van der Waals surface area (Å²) in [5, 5.41) is 12.3. The lowest BCUT2D eigenvalue weighted by atomic mass is 10.3. The number of anilines is 2. The third kappa shape index (κ3) is 2.50. The van der Waals surface area contributed by atoms with Crippen molar-refractivity contribution in [1.29, 1.82) is 0 Å². The quantitative estimate of drug-likeness (QED) is 0.402. The molecular formula is C10H16N6O2. The predicted molar refractivity (Wildman–Crippen MR) is 67.2 cm³/mol. The van der Waals surface area contributed by atoms with Gasteiger partial charge < -0.3 is 25.0 Å². The van der Waals surface area contributed by atoms with Crippen LogP contribution in [0, 0.1) is 0 Å². The van der Waals surface area contributed by atoms with Gasteiger partial charge in [0.2, 0.25) is 0 Å². The Balaban J connectivity index is 2.32. The summed E-state index contributed by atoms with van der Waals surface area (Å²) in [5.41, 5.74) is 3.14. The van der Waals surface area contributed by atoms with Crippen molar-refractivity contribution in [3.63, 3.8) is 0 Å². The fourth-order valence-corrected chi connectivity index (χ4v) is 1.63. The molecule has 1 unspecified atom stereocenters. The zero-order valence-corrected chi connectivity index (χ0v) is 10.00. The molecule has 8 heteroatoms. The van der Waals surface area contributed by atoms with Gasteiger partial charge in [0.05, 0.1) is 25.5 Å². The maximum atomic E-state index is 9.23. The number of rotatable bonds is 6. The van der Waals surface area contributed by atoms with Gasteiger partial charge in [0.15, 0.2) is 17.3 Å². The van der Waals surface area contributed by atoms with Crippen LogP contribution in [0.25, 0.3) is 5.65 Å². The van der Waals surface area contributed by atoms with Crippen LogP contribution in [0.3, 0.4) is 0 Å². The Bertz CT molecular complexity index is 514. The number of methoxy groups -OCH3 is 1.